The Morgan fingerprint density at radius 2 is 2.15 bits per heavy atom. The molecule has 2 atom stereocenters. The third kappa shape index (κ3) is 5.02. The largest absolute Gasteiger partial charge is 0.491 e. The minimum absolute atomic E-state index is 0. The van der Waals surface area contributed by atoms with Gasteiger partial charge in [0.25, 0.3) is 0 Å². The van der Waals surface area contributed by atoms with E-state index in [1.165, 1.54) is 5.56 Å². The molecule has 4 rings (SSSR count). The van der Waals surface area contributed by atoms with Gasteiger partial charge >= 0.3 is 0 Å². The quantitative estimate of drug-likeness (QED) is 0.818. The number of rotatable bonds is 6. The van der Waals surface area contributed by atoms with Crippen molar-refractivity contribution in [3.8, 4) is 5.75 Å². The third-order valence-electron chi connectivity index (χ3n) is 5.28. The molecule has 2 unspecified atom stereocenters. The molecule has 0 saturated carbocycles. The summed E-state index contributed by atoms with van der Waals surface area (Å²) in [7, 11) is 2.06. The second-order valence-corrected chi connectivity index (χ2v) is 7.18. The van der Waals surface area contributed by atoms with Crippen molar-refractivity contribution in [1.29, 1.82) is 0 Å². The van der Waals surface area contributed by atoms with Gasteiger partial charge in [0.1, 0.15) is 18.2 Å². The van der Waals surface area contributed by atoms with Gasteiger partial charge in [0.15, 0.2) is 0 Å². The van der Waals surface area contributed by atoms with Gasteiger partial charge in [-0.05, 0) is 30.5 Å². The van der Waals surface area contributed by atoms with E-state index in [9.17, 15) is 0 Å². The highest BCUT2D eigenvalue weighted by molar-refractivity contribution is 5.85. The molecule has 1 aromatic carbocycles. The molecular weight excluding hydrogens is 364 g/mol. The predicted octanol–water partition coefficient (Wildman–Crippen LogP) is 2.55. The van der Waals surface area contributed by atoms with Crippen LogP contribution in [-0.4, -0.2) is 53.4 Å². The summed E-state index contributed by atoms with van der Waals surface area (Å²) in [4.78, 5) is 7.06. The van der Waals surface area contributed by atoms with E-state index in [1.807, 2.05) is 12.4 Å². The SMILES string of the molecule is Cl.Cn1ccnc1C1CNCCN1Cc1ccc(OCC2CCCO2)cc1. The molecule has 2 aromatic rings. The van der Waals surface area contributed by atoms with E-state index in [0.717, 1.165) is 57.2 Å². The second-order valence-electron chi connectivity index (χ2n) is 7.18. The number of hydrogen-bond donors (Lipinski definition) is 1. The molecule has 1 N–H and O–H groups in total. The molecule has 0 spiro atoms. The number of ether oxygens (including phenoxy) is 2. The summed E-state index contributed by atoms with van der Waals surface area (Å²) in [5.74, 6) is 2.04. The lowest BCUT2D eigenvalue weighted by molar-refractivity contribution is 0.0679. The van der Waals surface area contributed by atoms with Gasteiger partial charge in [0, 0.05) is 52.2 Å². The van der Waals surface area contributed by atoms with Crippen LogP contribution in [0, 0.1) is 0 Å². The van der Waals surface area contributed by atoms with E-state index in [-0.39, 0.29) is 18.5 Å². The van der Waals surface area contributed by atoms with Crippen molar-refractivity contribution in [3.05, 3.63) is 48.0 Å². The van der Waals surface area contributed by atoms with Crippen molar-refractivity contribution >= 4 is 12.4 Å². The van der Waals surface area contributed by atoms with Gasteiger partial charge in [-0.1, -0.05) is 12.1 Å². The van der Waals surface area contributed by atoms with Gasteiger partial charge in [-0.3, -0.25) is 4.90 Å². The first-order valence-electron chi connectivity index (χ1n) is 9.55. The lowest BCUT2D eigenvalue weighted by Gasteiger charge is -2.35. The predicted molar refractivity (Wildman–Crippen MR) is 107 cm³/mol. The first-order valence-corrected chi connectivity index (χ1v) is 9.55. The Balaban J connectivity index is 0.00000210. The molecule has 2 aliphatic rings. The summed E-state index contributed by atoms with van der Waals surface area (Å²) < 4.78 is 13.6. The number of benzene rings is 1. The van der Waals surface area contributed by atoms with Crippen LogP contribution in [0.15, 0.2) is 36.7 Å². The van der Waals surface area contributed by atoms with E-state index >= 15 is 0 Å². The van der Waals surface area contributed by atoms with E-state index < -0.39 is 0 Å². The van der Waals surface area contributed by atoms with Gasteiger partial charge in [-0.15, -0.1) is 12.4 Å². The lowest BCUT2D eigenvalue weighted by Crippen LogP contribution is -2.46. The molecule has 2 aliphatic heterocycles. The summed E-state index contributed by atoms with van der Waals surface area (Å²) in [6.07, 6.45) is 6.41. The number of aromatic nitrogens is 2. The van der Waals surface area contributed by atoms with Crippen LogP contribution < -0.4 is 10.1 Å². The fraction of sp³-hybridized carbons (Fsp3) is 0.550. The summed E-state index contributed by atoms with van der Waals surface area (Å²) in [5, 5.41) is 3.49. The Hall–Kier alpha value is -1.60. The number of piperazine rings is 1. The first kappa shape index (κ1) is 20.1. The van der Waals surface area contributed by atoms with Crippen molar-refractivity contribution in [2.75, 3.05) is 32.8 Å². The van der Waals surface area contributed by atoms with Crippen LogP contribution in [0.5, 0.6) is 5.75 Å². The number of nitrogens with zero attached hydrogens (tertiary/aromatic N) is 3. The Morgan fingerprint density at radius 1 is 1.30 bits per heavy atom. The molecule has 27 heavy (non-hydrogen) atoms. The maximum Gasteiger partial charge on any atom is 0.127 e. The number of hydrogen-bond acceptors (Lipinski definition) is 5. The minimum atomic E-state index is 0. The molecule has 2 saturated heterocycles. The summed E-state index contributed by atoms with van der Waals surface area (Å²) in [6.45, 7) is 5.42. The summed E-state index contributed by atoms with van der Waals surface area (Å²) in [6, 6.07) is 8.79. The normalized spacial score (nSPS) is 23.1. The molecular formula is C20H29ClN4O2. The topological polar surface area (TPSA) is 51.6 Å². The van der Waals surface area contributed by atoms with Crippen LogP contribution in [0.4, 0.5) is 0 Å². The highest BCUT2D eigenvalue weighted by Crippen LogP contribution is 2.24. The maximum absolute atomic E-state index is 5.87. The molecule has 148 valence electrons. The zero-order valence-electron chi connectivity index (χ0n) is 15.8. The molecule has 0 aliphatic carbocycles. The lowest BCUT2D eigenvalue weighted by atomic mass is 10.1. The summed E-state index contributed by atoms with van der Waals surface area (Å²) in [5.41, 5.74) is 1.30. The molecule has 6 nitrogen and oxygen atoms in total. The molecule has 0 radical (unpaired) electrons. The molecule has 3 heterocycles. The maximum atomic E-state index is 5.87. The van der Waals surface area contributed by atoms with Crippen molar-refractivity contribution in [2.24, 2.45) is 7.05 Å². The highest BCUT2D eigenvalue weighted by Gasteiger charge is 2.26. The van der Waals surface area contributed by atoms with E-state index in [1.54, 1.807) is 0 Å². The molecule has 7 heteroatoms. The molecule has 2 fully saturated rings. The molecule has 0 amide bonds. The monoisotopic (exact) mass is 392 g/mol. The Kier molecular flexibility index (Phi) is 7.13. The Bertz CT molecular complexity index is 700. The zero-order valence-corrected chi connectivity index (χ0v) is 16.7. The summed E-state index contributed by atoms with van der Waals surface area (Å²) >= 11 is 0. The van der Waals surface area contributed by atoms with Crippen LogP contribution in [-0.2, 0) is 18.3 Å². The Morgan fingerprint density at radius 3 is 2.85 bits per heavy atom. The van der Waals surface area contributed by atoms with Crippen molar-refractivity contribution in [3.63, 3.8) is 0 Å². The second kappa shape index (κ2) is 9.55. The van der Waals surface area contributed by atoms with Gasteiger partial charge in [0.05, 0.1) is 12.1 Å². The fourth-order valence-electron chi connectivity index (χ4n) is 3.78. The van der Waals surface area contributed by atoms with E-state index in [4.69, 9.17) is 9.47 Å². The number of imidazole rings is 1. The van der Waals surface area contributed by atoms with Crippen LogP contribution in [0.3, 0.4) is 0 Å². The first-order chi connectivity index (χ1) is 12.8. The highest BCUT2D eigenvalue weighted by atomic mass is 35.5. The van der Waals surface area contributed by atoms with Crippen LogP contribution in [0.1, 0.15) is 30.3 Å². The average Bonchev–Trinajstić information content (AvgIpc) is 3.33. The third-order valence-corrected chi connectivity index (χ3v) is 5.28. The van der Waals surface area contributed by atoms with Gasteiger partial charge < -0.3 is 19.4 Å². The Labute approximate surface area is 167 Å². The zero-order chi connectivity index (χ0) is 17.8. The fourth-order valence-corrected chi connectivity index (χ4v) is 3.78. The minimum Gasteiger partial charge on any atom is -0.491 e. The van der Waals surface area contributed by atoms with Crippen LogP contribution in [0.25, 0.3) is 0 Å². The van der Waals surface area contributed by atoms with Crippen molar-refractivity contribution in [1.82, 2.24) is 19.8 Å². The van der Waals surface area contributed by atoms with Crippen molar-refractivity contribution < 1.29 is 9.47 Å². The van der Waals surface area contributed by atoms with Crippen LogP contribution in [0.2, 0.25) is 0 Å². The molecule has 1 aromatic heterocycles. The standard InChI is InChI=1S/C20H28N4O2.ClH/c1-23-10-9-22-20(23)19-13-21-8-11-24(19)14-16-4-6-17(7-5-16)26-15-18-3-2-12-25-18;/h4-7,9-10,18-19,21H,2-3,8,11-15H2,1H3;1H. The average molecular weight is 393 g/mol. The van der Waals surface area contributed by atoms with Gasteiger partial charge in [-0.2, -0.15) is 0 Å². The van der Waals surface area contributed by atoms with Gasteiger partial charge in [0.2, 0.25) is 0 Å². The van der Waals surface area contributed by atoms with Gasteiger partial charge in [-0.25, -0.2) is 4.98 Å². The number of aryl methyl sites for hydroxylation is 1. The van der Waals surface area contributed by atoms with E-state index in [2.05, 4.69) is 51.1 Å². The van der Waals surface area contributed by atoms with Crippen molar-refractivity contribution in [2.45, 2.75) is 31.5 Å². The molecule has 0 bridgehead atoms. The smallest absolute Gasteiger partial charge is 0.127 e. The number of halogens is 1. The van der Waals surface area contributed by atoms with E-state index in [0.29, 0.717) is 12.6 Å². The van der Waals surface area contributed by atoms with Crippen LogP contribution >= 0.6 is 12.4 Å². The number of nitrogens with one attached hydrogen (secondary N) is 1.